The normalized spacial score (nSPS) is 15.7. The highest BCUT2D eigenvalue weighted by Crippen LogP contribution is 2.20. The van der Waals surface area contributed by atoms with Crippen molar-refractivity contribution in [1.82, 2.24) is 4.90 Å². The topological polar surface area (TPSA) is 58.8 Å². The number of carbonyl (C=O) groups is 1. The minimum Gasteiger partial charge on any atom is -0.497 e. The van der Waals surface area contributed by atoms with E-state index in [1.165, 1.54) is 0 Å². The fourth-order valence-electron chi connectivity index (χ4n) is 2.14. The average molecular weight is 249 g/mol. The SMILES string of the molecule is COc1ccc(N2CCN(C(=O)CN)CC2)cc1. The third-order valence-electron chi connectivity index (χ3n) is 3.24. The van der Waals surface area contributed by atoms with Gasteiger partial charge in [-0.2, -0.15) is 0 Å². The molecule has 1 aromatic carbocycles. The molecule has 1 aliphatic heterocycles. The van der Waals surface area contributed by atoms with E-state index in [2.05, 4.69) is 4.90 Å². The molecule has 0 saturated carbocycles. The molecule has 1 heterocycles. The molecule has 2 N–H and O–H groups in total. The maximum atomic E-state index is 11.5. The van der Waals surface area contributed by atoms with Crippen LogP contribution >= 0.6 is 0 Å². The molecule has 5 nitrogen and oxygen atoms in total. The number of benzene rings is 1. The molecular formula is C13H19N3O2. The van der Waals surface area contributed by atoms with E-state index in [1.807, 2.05) is 29.2 Å². The van der Waals surface area contributed by atoms with Crippen LogP contribution in [0.15, 0.2) is 24.3 Å². The largest absolute Gasteiger partial charge is 0.497 e. The Hall–Kier alpha value is -1.75. The maximum Gasteiger partial charge on any atom is 0.236 e. The van der Waals surface area contributed by atoms with Crippen LogP contribution in [0.5, 0.6) is 5.75 Å². The highest BCUT2D eigenvalue weighted by molar-refractivity contribution is 5.78. The summed E-state index contributed by atoms with van der Waals surface area (Å²) in [7, 11) is 1.66. The Morgan fingerprint density at radius 2 is 1.83 bits per heavy atom. The number of hydrogen-bond acceptors (Lipinski definition) is 4. The molecule has 5 heteroatoms. The van der Waals surface area contributed by atoms with Crippen LogP contribution in [0.3, 0.4) is 0 Å². The first-order valence-corrected chi connectivity index (χ1v) is 6.11. The van der Waals surface area contributed by atoms with Gasteiger partial charge in [0.25, 0.3) is 0 Å². The third-order valence-corrected chi connectivity index (χ3v) is 3.24. The molecule has 18 heavy (non-hydrogen) atoms. The maximum absolute atomic E-state index is 11.5. The lowest BCUT2D eigenvalue weighted by Crippen LogP contribution is -2.50. The fraction of sp³-hybridized carbons (Fsp3) is 0.462. The van der Waals surface area contributed by atoms with E-state index >= 15 is 0 Å². The summed E-state index contributed by atoms with van der Waals surface area (Å²) in [5, 5.41) is 0. The van der Waals surface area contributed by atoms with Gasteiger partial charge in [0.05, 0.1) is 13.7 Å². The van der Waals surface area contributed by atoms with Gasteiger partial charge in [-0.15, -0.1) is 0 Å². The van der Waals surface area contributed by atoms with Gasteiger partial charge in [0.15, 0.2) is 0 Å². The first kappa shape index (κ1) is 12.7. The average Bonchev–Trinajstić information content (AvgIpc) is 2.47. The number of amides is 1. The zero-order chi connectivity index (χ0) is 13.0. The predicted molar refractivity (Wildman–Crippen MR) is 70.8 cm³/mol. The van der Waals surface area contributed by atoms with E-state index in [1.54, 1.807) is 7.11 Å². The molecule has 1 aromatic rings. The molecule has 0 unspecified atom stereocenters. The standard InChI is InChI=1S/C13H19N3O2/c1-18-12-4-2-11(3-5-12)15-6-8-16(9-7-15)13(17)10-14/h2-5H,6-10,14H2,1H3. The summed E-state index contributed by atoms with van der Waals surface area (Å²) >= 11 is 0. The van der Waals surface area contributed by atoms with Crippen LogP contribution in [0.1, 0.15) is 0 Å². The Bertz CT molecular complexity index is 397. The molecule has 0 spiro atoms. The monoisotopic (exact) mass is 249 g/mol. The summed E-state index contributed by atoms with van der Waals surface area (Å²) in [5.41, 5.74) is 6.52. The number of rotatable bonds is 3. The zero-order valence-corrected chi connectivity index (χ0v) is 10.6. The summed E-state index contributed by atoms with van der Waals surface area (Å²) in [5.74, 6) is 0.889. The molecule has 2 rings (SSSR count). The van der Waals surface area contributed by atoms with Crippen molar-refractivity contribution in [3.8, 4) is 5.75 Å². The molecular weight excluding hydrogens is 230 g/mol. The second-order valence-corrected chi connectivity index (χ2v) is 4.27. The second-order valence-electron chi connectivity index (χ2n) is 4.27. The van der Waals surface area contributed by atoms with Crippen molar-refractivity contribution in [2.45, 2.75) is 0 Å². The Morgan fingerprint density at radius 1 is 1.22 bits per heavy atom. The van der Waals surface area contributed by atoms with E-state index < -0.39 is 0 Å². The van der Waals surface area contributed by atoms with Crippen molar-refractivity contribution < 1.29 is 9.53 Å². The minimum absolute atomic E-state index is 0.0318. The number of nitrogens with zero attached hydrogens (tertiary/aromatic N) is 2. The number of carbonyl (C=O) groups excluding carboxylic acids is 1. The van der Waals surface area contributed by atoms with Crippen molar-refractivity contribution in [3.05, 3.63) is 24.3 Å². The van der Waals surface area contributed by atoms with E-state index in [9.17, 15) is 4.79 Å². The second kappa shape index (κ2) is 5.73. The van der Waals surface area contributed by atoms with Gasteiger partial charge in [-0.3, -0.25) is 4.79 Å². The smallest absolute Gasteiger partial charge is 0.236 e. The number of ether oxygens (including phenoxy) is 1. The van der Waals surface area contributed by atoms with E-state index in [-0.39, 0.29) is 12.5 Å². The van der Waals surface area contributed by atoms with E-state index in [0.717, 1.165) is 37.6 Å². The zero-order valence-electron chi connectivity index (χ0n) is 10.6. The fourth-order valence-corrected chi connectivity index (χ4v) is 2.14. The van der Waals surface area contributed by atoms with Crippen LogP contribution in [-0.4, -0.2) is 50.6 Å². The van der Waals surface area contributed by atoms with Crippen LogP contribution in [0.2, 0.25) is 0 Å². The van der Waals surface area contributed by atoms with E-state index in [4.69, 9.17) is 10.5 Å². The molecule has 1 saturated heterocycles. The quantitative estimate of drug-likeness (QED) is 0.837. The molecule has 1 fully saturated rings. The van der Waals surface area contributed by atoms with Crippen LogP contribution in [0.4, 0.5) is 5.69 Å². The lowest BCUT2D eigenvalue weighted by Gasteiger charge is -2.36. The van der Waals surface area contributed by atoms with Crippen LogP contribution in [-0.2, 0) is 4.79 Å². The van der Waals surface area contributed by atoms with Gasteiger partial charge in [0, 0.05) is 31.9 Å². The van der Waals surface area contributed by atoms with Gasteiger partial charge < -0.3 is 20.3 Å². The van der Waals surface area contributed by atoms with Crippen molar-refractivity contribution in [3.63, 3.8) is 0 Å². The van der Waals surface area contributed by atoms with Gasteiger partial charge in [-0.25, -0.2) is 0 Å². The summed E-state index contributed by atoms with van der Waals surface area (Å²) < 4.78 is 5.13. The lowest BCUT2D eigenvalue weighted by molar-refractivity contribution is -0.129. The van der Waals surface area contributed by atoms with Crippen molar-refractivity contribution >= 4 is 11.6 Å². The lowest BCUT2D eigenvalue weighted by atomic mass is 10.2. The summed E-state index contributed by atoms with van der Waals surface area (Å²) in [4.78, 5) is 15.5. The first-order chi connectivity index (χ1) is 8.74. The van der Waals surface area contributed by atoms with Crippen LogP contribution in [0.25, 0.3) is 0 Å². The van der Waals surface area contributed by atoms with Crippen molar-refractivity contribution in [2.75, 3.05) is 44.7 Å². The molecule has 0 radical (unpaired) electrons. The number of anilines is 1. The van der Waals surface area contributed by atoms with Gasteiger partial charge in [-0.1, -0.05) is 0 Å². The molecule has 1 amide bonds. The van der Waals surface area contributed by atoms with E-state index in [0.29, 0.717) is 0 Å². The Morgan fingerprint density at radius 3 is 2.33 bits per heavy atom. The van der Waals surface area contributed by atoms with Crippen LogP contribution in [0, 0.1) is 0 Å². The van der Waals surface area contributed by atoms with Gasteiger partial charge in [0.1, 0.15) is 5.75 Å². The number of methoxy groups -OCH3 is 1. The van der Waals surface area contributed by atoms with Crippen LogP contribution < -0.4 is 15.4 Å². The summed E-state index contributed by atoms with van der Waals surface area (Å²) in [6.07, 6.45) is 0. The molecule has 0 bridgehead atoms. The van der Waals surface area contributed by atoms with Crippen molar-refractivity contribution in [1.29, 1.82) is 0 Å². The number of piperazine rings is 1. The minimum atomic E-state index is 0.0318. The van der Waals surface area contributed by atoms with Gasteiger partial charge in [0.2, 0.25) is 5.91 Å². The predicted octanol–water partition coefficient (Wildman–Crippen LogP) is 0.303. The summed E-state index contributed by atoms with van der Waals surface area (Å²) in [6.45, 7) is 3.27. The Balaban J connectivity index is 1.94. The molecule has 0 atom stereocenters. The molecule has 98 valence electrons. The molecule has 1 aliphatic rings. The first-order valence-electron chi connectivity index (χ1n) is 6.11. The summed E-state index contributed by atoms with van der Waals surface area (Å²) in [6, 6.07) is 7.98. The Kier molecular flexibility index (Phi) is 4.04. The van der Waals surface area contributed by atoms with Crippen molar-refractivity contribution in [2.24, 2.45) is 5.73 Å². The number of nitrogens with two attached hydrogens (primary N) is 1. The number of hydrogen-bond donors (Lipinski definition) is 1. The van der Waals surface area contributed by atoms with Gasteiger partial charge in [-0.05, 0) is 24.3 Å². The Labute approximate surface area is 107 Å². The molecule has 0 aliphatic carbocycles. The highest BCUT2D eigenvalue weighted by atomic mass is 16.5. The third kappa shape index (κ3) is 2.73. The molecule has 0 aromatic heterocycles. The highest BCUT2D eigenvalue weighted by Gasteiger charge is 2.20. The van der Waals surface area contributed by atoms with Gasteiger partial charge >= 0.3 is 0 Å².